The Hall–Kier alpha value is -3.93. The van der Waals surface area contributed by atoms with Crippen LogP contribution in [0.15, 0.2) is 72.4 Å². The molecule has 0 fully saturated rings. The number of ether oxygens (including phenoxy) is 1. The zero-order valence-corrected chi connectivity index (χ0v) is 17.4. The van der Waals surface area contributed by atoms with Gasteiger partial charge in [-0.1, -0.05) is 24.3 Å². The molecule has 0 radical (unpaired) electrons. The summed E-state index contributed by atoms with van der Waals surface area (Å²) < 4.78 is 19.0. The molecule has 0 saturated carbocycles. The van der Waals surface area contributed by atoms with Crippen LogP contribution in [-0.2, 0) is 9.59 Å². The first-order valence-corrected chi connectivity index (χ1v) is 9.76. The summed E-state index contributed by atoms with van der Waals surface area (Å²) in [6.07, 6.45) is 0. The standard InChI is InChI=1S/C25H21FN2O3/c1-15-11-16(2)13-19(12-15)27-23-22(17-7-9-21(31-3)10-8-17)24(29)28(25(23)30)20-6-4-5-18(26)14-20/h4-14,27H,1-3H3. The lowest BCUT2D eigenvalue weighted by Gasteiger charge is -2.15. The predicted octanol–water partition coefficient (Wildman–Crippen LogP) is 4.85. The van der Waals surface area contributed by atoms with Gasteiger partial charge in [0.1, 0.15) is 17.3 Å². The maximum atomic E-state index is 13.8. The molecule has 0 aromatic heterocycles. The van der Waals surface area contributed by atoms with Gasteiger partial charge in [0.15, 0.2) is 0 Å². The highest BCUT2D eigenvalue weighted by molar-refractivity contribution is 6.46. The van der Waals surface area contributed by atoms with Gasteiger partial charge in [-0.2, -0.15) is 0 Å². The number of imide groups is 1. The predicted molar refractivity (Wildman–Crippen MR) is 118 cm³/mol. The van der Waals surface area contributed by atoms with Crippen molar-refractivity contribution in [3.63, 3.8) is 0 Å². The highest BCUT2D eigenvalue weighted by Crippen LogP contribution is 2.34. The first-order chi connectivity index (χ1) is 14.9. The number of nitrogens with one attached hydrogen (secondary N) is 1. The number of nitrogens with zero attached hydrogens (tertiary/aromatic N) is 1. The number of aryl methyl sites for hydroxylation is 2. The van der Waals surface area contributed by atoms with Crippen molar-refractivity contribution in [1.82, 2.24) is 0 Å². The molecule has 3 aromatic rings. The van der Waals surface area contributed by atoms with Crippen LogP contribution in [-0.4, -0.2) is 18.9 Å². The molecule has 5 nitrogen and oxygen atoms in total. The van der Waals surface area contributed by atoms with Crippen LogP contribution in [0.1, 0.15) is 16.7 Å². The van der Waals surface area contributed by atoms with Gasteiger partial charge in [0.05, 0.1) is 18.4 Å². The van der Waals surface area contributed by atoms with Gasteiger partial charge in [0.25, 0.3) is 11.8 Å². The average Bonchev–Trinajstić information content (AvgIpc) is 2.97. The summed E-state index contributed by atoms with van der Waals surface area (Å²) in [5, 5.41) is 3.14. The fourth-order valence-corrected chi connectivity index (χ4v) is 3.71. The van der Waals surface area contributed by atoms with E-state index in [4.69, 9.17) is 4.74 Å². The molecule has 1 aliphatic rings. The summed E-state index contributed by atoms with van der Waals surface area (Å²) in [5.74, 6) is -0.958. The number of carbonyl (C=O) groups is 2. The molecule has 0 unspecified atom stereocenters. The number of carbonyl (C=O) groups excluding carboxylic acids is 2. The third-order valence-corrected chi connectivity index (χ3v) is 5.02. The second-order valence-corrected chi connectivity index (χ2v) is 7.41. The fraction of sp³-hybridized carbons (Fsp3) is 0.120. The number of hydrogen-bond donors (Lipinski definition) is 1. The Bertz CT molecular complexity index is 1200. The number of methoxy groups -OCH3 is 1. The van der Waals surface area contributed by atoms with Crippen LogP contribution in [0.4, 0.5) is 15.8 Å². The Morgan fingerprint density at radius 2 is 1.55 bits per heavy atom. The monoisotopic (exact) mass is 416 g/mol. The first-order valence-electron chi connectivity index (χ1n) is 9.76. The molecule has 0 spiro atoms. The largest absolute Gasteiger partial charge is 0.497 e. The normalized spacial score (nSPS) is 13.7. The van der Waals surface area contributed by atoms with Crippen LogP contribution in [0.3, 0.4) is 0 Å². The van der Waals surface area contributed by atoms with E-state index in [1.807, 2.05) is 32.0 Å². The second kappa shape index (κ2) is 8.07. The van der Waals surface area contributed by atoms with Gasteiger partial charge in [0.2, 0.25) is 0 Å². The number of benzene rings is 3. The van der Waals surface area contributed by atoms with Crippen molar-refractivity contribution in [2.75, 3.05) is 17.3 Å². The Balaban J connectivity index is 1.83. The minimum absolute atomic E-state index is 0.143. The molecule has 6 heteroatoms. The average molecular weight is 416 g/mol. The Kier molecular flexibility index (Phi) is 5.29. The molecule has 0 saturated heterocycles. The third-order valence-electron chi connectivity index (χ3n) is 5.02. The van der Waals surface area contributed by atoms with Crippen LogP contribution in [0.25, 0.3) is 5.57 Å². The second-order valence-electron chi connectivity index (χ2n) is 7.41. The van der Waals surface area contributed by atoms with Crippen molar-refractivity contribution in [1.29, 1.82) is 0 Å². The first kappa shape index (κ1) is 20.3. The minimum atomic E-state index is -0.541. The SMILES string of the molecule is COc1ccc(C2=C(Nc3cc(C)cc(C)c3)C(=O)N(c3cccc(F)c3)C2=O)cc1. The fourth-order valence-electron chi connectivity index (χ4n) is 3.71. The van der Waals surface area contributed by atoms with Crippen LogP contribution in [0, 0.1) is 19.7 Å². The van der Waals surface area contributed by atoms with E-state index in [1.54, 1.807) is 31.4 Å². The molecular formula is C25H21FN2O3. The van der Waals surface area contributed by atoms with Gasteiger partial charge >= 0.3 is 0 Å². The summed E-state index contributed by atoms with van der Waals surface area (Å²) in [5.41, 5.74) is 3.84. The van der Waals surface area contributed by atoms with E-state index in [9.17, 15) is 14.0 Å². The van der Waals surface area contributed by atoms with Crippen molar-refractivity contribution < 1.29 is 18.7 Å². The van der Waals surface area contributed by atoms with Crippen molar-refractivity contribution >= 4 is 28.8 Å². The summed E-state index contributed by atoms with van der Waals surface area (Å²) in [7, 11) is 1.55. The molecule has 4 rings (SSSR count). The Morgan fingerprint density at radius 3 is 2.16 bits per heavy atom. The number of hydrogen-bond acceptors (Lipinski definition) is 4. The topological polar surface area (TPSA) is 58.6 Å². The van der Waals surface area contributed by atoms with Gasteiger partial charge in [0, 0.05) is 5.69 Å². The molecule has 0 bridgehead atoms. The summed E-state index contributed by atoms with van der Waals surface area (Å²) in [6, 6.07) is 18.1. The third kappa shape index (κ3) is 3.92. The van der Waals surface area contributed by atoms with Crippen LogP contribution in [0.5, 0.6) is 5.75 Å². The number of halogens is 1. The molecule has 1 aliphatic heterocycles. The number of rotatable bonds is 5. The Morgan fingerprint density at radius 1 is 0.871 bits per heavy atom. The van der Waals surface area contributed by atoms with Crippen molar-refractivity contribution in [3.8, 4) is 5.75 Å². The van der Waals surface area contributed by atoms with E-state index in [0.29, 0.717) is 17.0 Å². The van der Waals surface area contributed by atoms with E-state index in [-0.39, 0.29) is 17.0 Å². The quantitative estimate of drug-likeness (QED) is 0.604. The highest BCUT2D eigenvalue weighted by atomic mass is 19.1. The molecule has 1 heterocycles. The zero-order valence-electron chi connectivity index (χ0n) is 17.4. The lowest BCUT2D eigenvalue weighted by molar-refractivity contribution is -0.120. The minimum Gasteiger partial charge on any atom is -0.497 e. The molecule has 2 amide bonds. The van der Waals surface area contributed by atoms with Crippen molar-refractivity contribution in [2.45, 2.75) is 13.8 Å². The molecule has 0 aliphatic carbocycles. The molecule has 1 N–H and O–H groups in total. The van der Waals surface area contributed by atoms with Gasteiger partial charge in [-0.05, 0) is 73.0 Å². The van der Waals surface area contributed by atoms with Gasteiger partial charge in [-0.3, -0.25) is 9.59 Å². The lowest BCUT2D eigenvalue weighted by Crippen LogP contribution is -2.32. The Labute approximate surface area is 179 Å². The zero-order chi connectivity index (χ0) is 22.1. The maximum Gasteiger partial charge on any atom is 0.282 e. The van der Waals surface area contributed by atoms with Crippen molar-refractivity contribution in [3.05, 3.63) is 94.9 Å². The van der Waals surface area contributed by atoms with E-state index >= 15 is 0 Å². The molecule has 31 heavy (non-hydrogen) atoms. The van der Waals surface area contributed by atoms with Crippen LogP contribution >= 0.6 is 0 Å². The highest BCUT2D eigenvalue weighted by Gasteiger charge is 2.40. The lowest BCUT2D eigenvalue weighted by atomic mass is 10.0. The van der Waals surface area contributed by atoms with Gasteiger partial charge in [-0.25, -0.2) is 9.29 Å². The van der Waals surface area contributed by atoms with Gasteiger partial charge in [-0.15, -0.1) is 0 Å². The van der Waals surface area contributed by atoms with Gasteiger partial charge < -0.3 is 10.1 Å². The van der Waals surface area contributed by atoms with Crippen molar-refractivity contribution in [2.24, 2.45) is 0 Å². The molecular weight excluding hydrogens is 395 g/mol. The molecule has 156 valence electrons. The molecule has 0 atom stereocenters. The van der Waals surface area contributed by atoms with Crippen LogP contribution in [0.2, 0.25) is 0 Å². The summed E-state index contributed by atoms with van der Waals surface area (Å²) in [6.45, 7) is 3.91. The summed E-state index contributed by atoms with van der Waals surface area (Å²) in [4.78, 5) is 27.7. The summed E-state index contributed by atoms with van der Waals surface area (Å²) >= 11 is 0. The smallest absolute Gasteiger partial charge is 0.282 e. The van der Waals surface area contributed by atoms with E-state index < -0.39 is 17.6 Å². The maximum absolute atomic E-state index is 13.8. The number of anilines is 2. The van der Waals surface area contributed by atoms with Crippen LogP contribution < -0.4 is 15.0 Å². The molecule has 3 aromatic carbocycles. The van der Waals surface area contributed by atoms with E-state index in [2.05, 4.69) is 5.32 Å². The number of amides is 2. The van der Waals surface area contributed by atoms with E-state index in [1.165, 1.54) is 24.3 Å². The van der Waals surface area contributed by atoms with E-state index in [0.717, 1.165) is 16.0 Å².